The molecule has 21 heavy (non-hydrogen) atoms. The molecule has 0 saturated carbocycles. The molecule has 5 nitrogen and oxygen atoms in total. The van der Waals surface area contributed by atoms with E-state index in [9.17, 15) is 8.42 Å². The Kier molecular flexibility index (Phi) is 4.20. The van der Waals surface area contributed by atoms with Gasteiger partial charge in [0.05, 0.1) is 24.7 Å². The molecule has 1 fully saturated rings. The molecule has 1 aromatic rings. The third kappa shape index (κ3) is 2.58. The Morgan fingerprint density at radius 2 is 2.00 bits per heavy atom. The van der Waals surface area contributed by atoms with Crippen LogP contribution < -0.4 is 0 Å². The Morgan fingerprint density at radius 1 is 1.29 bits per heavy atom. The second-order valence-electron chi connectivity index (χ2n) is 4.97. The summed E-state index contributed by atoms with van der Waals surface area (Å²) in [7, 11) is -3.58. The molecule has 8 heteroatoms. The summed E-state index contributed by atoms with van der Waals surface area (Å²) in [6, 6.07) is 4.68. The quantitative estimate of drug-likeness (QED) is 0.783. The van der Waals surface area contributed by atoms with Crippen LogP contribution in [0.5, 0.6) is 0 Å². The molecule has 116 valence electrons. The van der Waals surface area contributed by atoms with E-state index in [1.54, 1.807) is 12.1 Å². The number of alkyl halides is 1. The second kappa shape index (κ2) is 5.68. The third-order valence-corrected chi connectivity index (χ3v) is 6.05. The topological polar surface area (TPSA) is 55.8 Å². The van der Waals surface area contributed by atoms with Crippen LogP contribution in [0, 0.1) is 0 Å². The molecular weight excluding hydrogens is 337 g/mol. The maximum atomic E-state index is 12.7. The molecule has 0 bridgehead atoms. The van der Waals surface area contributed by atoms with Gasteiger partial charge in [0.25, 0.3) is 0 Å². The lowest BCUT2D eigenvalue weighted by Gasteiger charge is -2.39. The van der Waals surface area contributed by atoms with Gasteiger partial charge in [-0.2, -0.15) is 4.31 Å². The summed E-state index contributed by atoms with van der Waals surface area (Å²) in [5.74, 6) is -0.661. The van der Waals surface area contributed by atoms with Crippen molar-refractivity contribution in [3.8, 4) is 0 Å². The van der Waals surface area contributed by atoms with E-state index in [1.165, 1.54) is 10.4 Å². The van der Waals surface area contributed by atoms with Gasteiger partial charge >= 0.3 is 0 Å². The van der Waals surface area contributed by atoms with E-state index in [4.69, 9.17) is 32.7 Å². The molecular formula is C13H15Cl2NO4S. The molecule has 3 rings (SSSR count). The predicted octanol–water partition coefficient (Wildman–Crippen LogP) is 2.17. The van der Waals surface area contributed by atoms with Crippen LogP contribution in [0.1, 0.15) is 12.0 Å². The van der Waals surface area contributed by atoms with E-state index in [0.717, 1.165) is 0 Å². The van der Waals surface area contributed by atoms with Crippen molar-refractivity contribution in [1.82, 2.24) is 4.31 Å². The highest BCUT2D eigenvalue weighted by Crippen LogP contribution is 2.43. The first kappa shape index (κ1) is 15.5. The van der Waals surface area contributed by atoms with Crippen molar-refractivity contribution in [3.63, 3.8) is 0 Å². The molecule has 1 spiro atoms. The highest BCUT2D eigenvalue weighted by atomic mass is 35.5. The van der Waals surface area contributed by atoms with Crippen molar-refractivity contribution < 1.29 is 17.9 Å². The third-order valence-electron chi connectivity index (χ3n) is 3.65. The number of halogens is 2. The number of ether oxygens (including phenoxy) is 2. The van der Waals surface area contributed by atoms with Gasteiger partial charge in [0, 0.05) is 23.0 Å². The largest absolute Gasteiger partial charge is 0.342 e. The molecule has 1 saturated heterocycles. The van der Waals surface area contributed by atoms with Crippen molar-refractivity contribution in [2.75, 3.05) is 32.2 Å². The Morgan fingerprint density at radius 3 is 2.67 bits per heavy atom. The molecule has 0 aliphatic carbocycles. The van der Waals surface area contributed by atoms with Crippen molar-refractivity contribution in [1.29, 1.82) is 0 Å². The summed E-state index contributed by atoms with van der Waals surface area (Å²) in [5.41, 5.74) is 0.481. The van der Waals surface area contributed by atoms with E-state index in [0.29, 0.717) is 42.6 Å². The molecule has 2 aliphatic heterocycles. The fourth-order valence-corrected chi connectivity index (χ4v) is 4.71. The van der Waals surface area contributed by atoms with Crippen molar-refractivity contribution in [3.05, 3.63) is 28.8 Å². The first-order valence-electron chi connectivity index (χ1n) is 6.64. The predicted molar refractivity (Wildman–Crippen MR) is 79.1 cm³/mol. The van der Waals surface area contributed by atoms with E-state index in [2.05, 4.69) is 0 Å². The van der Waals surface area contributed by atoms with Gasteiger partial charge in [-0.15, -0.1) is 11.6 Å². The maximum Gasteiger partial charge on any atom is 0.243 e. The Balaban J connectivity index is 2.12. The number of hydrogen-bond donors (Lipinski definition) is 0. The Bertz CT molecular complexity index is 644. The van der Waals surface area contributed by atoms with Crippen LogP contribution in [0.25, 0.3) is 0 Å². The van der Waals surface area contributed by atoms with Gasteiger partial charge < -0.3 is 9.47 Å². The summed E-state index contributed by atoms with van der Waals surface area (Å²) < 4.78 is 38.2. The molecule has 0 aromatic heterocycles. The highest BCUT2D eigenvalue weighted by Gasteiger charge is 2.50. The normalized spacial score (nSPS) is 23.3. The van der Waals surface area contributed by atoms with Gasteiger partial charge in [-0.05, 0) is 24.6 Å². The fraction of sp³-hybridized carbons (Fsp3) is 0.538. The van der Waals surface area contributed by atoms with Crippen LogP contribution in [-0.2, 0) is 25.3 Å². The lowest BCUT2D eigenvalue weighted by Crippen LogP contribution is -2.50. The number of hydrogen-bond acceptors (Lipinski definition) is 4. The van der Waals surface area contributed by atoms with Crippen molar-refractivity contribution >= 4 is 33.2 Å². The summed E-state index contributed by atoms with van der Waals surface area (Å²) >= 11 is 11.7. The molecule has 0 unspecified atom stereocenters. The van der Waals surface area contributed by atoms with Gasteiger partial charge in [0.2, 0.25) is 15.8 Å². The first-order valence-corrected chi connectivity index (χ1v) is 8.99. The minimum Gasteiger partial charge on any atom is -0.342 e. The molecule has 0 atom stereocenters. The van der Waals surface area contributed by atoms with Gasteiger partial charge in [0.1, 0.15) is 0 Å². The van der Waals surface area contributed by atoms with Crippen LogP contribution in [0.2, 0.25) is 5.02 Å². The summed E-state index contributed by atoms with van der Waals surface area (Å²) in [6.45, 7) is 1.31. The first-order chi connectivity index (χ1) is 9.99. The lowest BCUT2D eigenvalue weighted by atomic mass is 10.1. The number of sulfonamides is 1. The lowest BCUT2D eigenvalue weighted by molar-refractivity contribution is -0.176. The fourth-order valence-electron chi connectivity index (χ4n) is 2.70. The van der Waals surface area contributed by atoms with Crippen LogP contribution >= 0.6 is 23.2 Å². The Labute approximate surface area is 133 Å². The van der Waals surface area contributed by atoms with Gasteiger partial charge in [-0.3, -0.25) is 0 Å². The van der Waals surface area contributed by atoms with Crippen LogP contribution in [0.4, 0.5) is 0 Å². The smallest absolute Gasteiger partial charge is 0.243 e. The Hall–Kier alpha value is -0.370. The highest BCUT2D eigenvalue weighted by molar-refractivity contribution is 7.89. The summed E-state index contributed by atoms with van der Waals surface area (Å²) in [6.07, 6.45) is 0.569. The average Bonchev–Trinajstić information content (AvgIpc) is 2.91. The second-order valence-corrected chi connectivity index (χ2v) is 7.69. The van der Waals surface area contributed by atoms with Crippen molar-refractivity contribution in [2.24, 2.45) is 0 Å². The number of nitrogens with zero attached hydrogens (tertiary/aromatic N) is 1. The van der Waals surface area contributed by atoms with E-state index >= 15 is 0 Å². The zero-order valence-electron chi connectivity index (χ0n) is 11.2. The maximum absolute atomic E-state index is 12.7. The van der Waals surface area contributed by atoms with E-state index < -0.39 is 15.8 Å². The molecule has 2 heterocycles. The summed E-state index contributed by atoms with van der Waals surface area (Å²) in [4.78, 5) is 0.189. The minimum atomic E-state index is -3.58. The van der Waals surface area contributed by atoms with Gasteiger partial charge in [-0.1, -0.05) is 11.6 Å². The van der Waals surface area contributed by atoms with Crippen LogP contribution in [-0.4, -0.2) is 44.9 Å². The van der Waals surface area contributed by atoms with Crippen molar-refractivity contribution in [2.45, 2.75) is 17.1 Å². The van der Waals surface area contributed by atoms with E-state index in [-0.39, 0.29) is 11.4 Å². The number of rotatable bonds is 3. The molecule has 2 aliphatic rings. The minimum absolute atomic E-state index is 0.125. The molecule has 0 N–H and O–H groups in total. The number of benzene rings is 1. The summed E-state index contributed by atoms with van der Waals surface area (Å²) in [5, 5.41) is 0.455. The van der Waals surface area contributed by atoms with Gasteiger partial charge in [-0.25, -0.2) is 8.42 Å². The van der Waals surface area contributed by atoms with E-state index in [1.807, 2.05) is 0 Å². The van der Waals surface area contributed by atoms with Crippen LogP contribution in [0.15, 0.2) is 23.1 Å². The molecule has 1 aromatic carbocycles. The zero-order valence-corrected chi connectivity index (χ0v) is 13.5. The standard InChI is InChI=1S/C13H15Cl2NO4S/c14-4-1-5-16-9-13(19-6-7-20-13)11-8-10(15)2-3-12(11)21(16,17)18/h2-3,8H,1,4-7,9H2. The number of fused-ring (bicyclic) bond motifs is 2. The monoisotopic (exact) mass is 351 g/mol. The average molecular weight is 352 g/mol. The van der Waals surface area contributed by atoms with Crippen LogP contribution in [0.3, 0.4) is 0 Å². The zero-order chi connectivity index (χ0) is 15.1. The molecule has 0 radical (unpaired) electrons. The molecule has 0 amide bonds. The van der Waals surface area contributed by atoms with Gasteiger partial charge in [0.15, 0.2) is 0 Å². The SMILES string of the molecule is O=S1(=O)c2ccc(Cl)cc2C2(CN1CCCCl)OCCO2.